The molecule has 0 aliphatic rings. The predicted octanol–water partition coefficient (Wildman–Crippen LogP) is 2.26. The Morgan fingerprint density at radius 1 is 1.09 bits per heavy atom. The van der Waals surface area contributed by atoms with Gasteiger partial charge in [-0.05, 0) is 54.1 Å². The van der Waals surface area contributed by atoms with Crippen LogP contribution in [0.5, 0.6) is 0 Å². The second-order valence-corrected chi connectivity index (χ2v) is 9.15. The summed E-state index contributed by atoms with van der Waals surface area (Å²) in [7, 11) is 0. The smallest absolute Gasteiger partial charge is 0.250 e. The molecule has 3 atom stereocenters. The molecule has 0 heterocycles. The van der Waals surface area contributed by atoms with Gasteiger partial charge in [-0.25, -0.2) is 8.78 Å². The number of hydrogen-bond donors (Lipinski definition) is 5. The zero-order chi connectivity index (χ0) is 24.4. The van der Waals surface area contributed by atoms with E-state index in [4.69, 9.17) is 11.5 Å². The molecule has 182 valence electrons. The van der Waals surface area contributed by atoms with Gasteiger partial charge in [-0.15, -0.1) is 0 Å². The van der Waals surface area contributed by atoms with Gasteiger partial charge in [-0.3, -0.25) is 4.79 Å². The molecule has 0 bridgehead atoms. The van der Waals surface area contributed by atoms with Crippen molar-refractivity contribution in [2.75, 3.05) is 26.2 Å². The largest absolute Gasteiger partial charge is 0.382 e. The summed E-state index contributed by atoms with van der Waals surface area (Å²) < 4.78 is 28.7. The highest BCUT2D eigenvalue weighted by molar-refractivity contribution is 5.80. The molecular weight excluding hydrogens is 426 g/mol. The monoisotopic (exact) mass is 462 g/mol. The summed E-state index contributed by atoms with van der Waals surface area (Å²) >= 11 is 0. The van der Waals surface area contributed by atoms with Gasteiger partial charge in [-0.1, -0.05) is 44.2 Å². The summed E-state index contributed by atoms with van der Waals surface area (Å²) in [6, 6.07) is 13.0. The molecule has 0 aromatic heterocycles. The molecule has 0 aliphatic carbocycles. The van der Waals surface area contributed by atoms with Gasteiger partial charge in [0.2, 0.25) is 5.91 Å². The Balaban J connectivity index is 2.15. The van der Waals surface area contributed by atoms with Crippen LogP contribution < -0.4 is 22.1 Å². The molecule has 0 saturated heterocycles. The lowest BCUT2D eigenvalue weighted by Crippen LogP contribution is -2.47. The van der Waals surface area contributed by atoms with E-state index >= 15 is 0 Å². The highest BCUT2D eigenvalue weighted by Crippen LogP contribution is 2.32. The maximum Gasteiger partial charge on any atom is 0.250 e. The van der Waals surface area contributed by atoms with E-state index in [1.165, 1.54) is 6.07 Å². The standard InChI is InChI=1S/C25H36F2N4O2/c1-25(2,16-31-24(33)23(32)14-29)15-30-19(10-11-28)13-20(17-6-4-3-5-7-17)21-12-18(26)8-9-22(21)27/h3-9,12,19-20,23,30,32H,10-11,13-16,28-29H2,1-2H3,(H,31,33). The van der Waals surface area contributed by atoms with Crippen LogP contribution in [0.3, 0.4) is 0 Å². The first-order valence-corrected chi connectivity index (χ1v) is 11.3. The van der Waals surface area contributed by atoms with Crippen LogP contribution in [0.1, 0.15) is 43.7 Å². The van der Waals surface area contributed by atoms with E-state index in [0.29, 0.717) is 38.0 Å². The first kappa shape index (κ1) is 26.9. The summed E-state index contributed by atoms with van der Waals surface area (Å²) in [6.45, 7) is 5.14. The van der Waals surface area contributed by atoms with Gasteiger partial charge in [0.05, 0.1) is 0 Å². The van der Waals surface area contributed by atoms with Crippen molar-refractivity contribution in [2.45, 2.75) is 44.8 Å². The molecule has 33 heavy (non-hydrogen) atoms. The van der Waals surface area contributed by atoms with Crippen LogP contribution in [0, 0.1) is 17.0 Å². The van der Waals surface area contributed by atoms with Crippen LogP contribution in [-0.4, -0.2) is 49.3 Å². The fourth-order valence-electron chi connectivity index (χ4n) is 3.73. The molecule has 1 amide bonds. The molecule has 0 spiro atoms. The summed E-state index contributed by atoms with van der Waals surface area (Å²) in [6.07, 6.45) is -0.0589. The highest BCUT2D eigenvalue weighted by Gasteiger charge is 2.26. The van der Waals surface area contributed by atoms with Gasteiger partial charge in [0.15, 0.2) is 0 Å². The third-order valence-corrected chi connectivity index (χ3v) is 5.71. The number of benzene rings is 2. The first-order valence-electron chi connectivity index (χ1n) is 11.3. The third-order valence-electron chi connectivity index (χ3n) is 5.71. The number of halogens is 2. The van der Waals surface area contributed by atoms with Crippen molar-refractivity contribution in [1.82, 2.24) is 10.6 Å². The Kier molecular flexibility index (Phi) is 10.4. The fourth-order valence-corrected chi connectivity index (χ4v) is 3.73. The van der Waals surface area contributed by atoms with Gasteiger partial charge in [-0.2, -0.15) is 0 Å². The Morgan fingerprint density at radius 3 is 2.42 bits per heavy atom. The van der Waals surface area contributed by atoms with Crippen LogP contribution in [0.15, 0.2) is 48.5 Å². The zero-order valence-electron chi connectivity index (χ0n) is 19.4. The number of aliphatic hydroxyl groups is 1. The van der Waals surface area contributed by atoms with Gasteiger partial charge >= 0.3 is 0 Å². The molecule has 3 unspecified atom stereocenters. The quantitative estimate of drug-likeness (QED) is 0.313. The molecule has 0 fully saturated rings. The molecule has 0 aliphatic heterocycles. The Labute approximate surface area is 194 Å². The van der Waals surface area contributed by atoms with E-state index in [-0.39, 0.29) is 23.9 Å². The van der Waals surface area contributed by atoms with E-state index in [9.17, 15) is 18.7 Å². The number of hydrogen-bond acceptors (Lipinski definition) is 5. The minimum atomic E-state index is -1.23. The van der Waals surface area contributed by atoms with E-state index in [1.54, 1.807) is 0 Å². The summed E-state index contributed by atoms with van der Waals surface area (Å²) in [4.78, 5) is 11.8. The predicted molar refractivity (Wildman–Crippen MR) is 127 cm³/mol. The number of rotatable bonds is 13. The number of carbonyl (C=O) groups excluding carboxylic acids is 1. The second-order valence-electron chi connectivity index (χ2n) is 9.15. The molecule has 2 rings (SSSR count). The first-order chi connectivity index (χ1) is 15.7. The lowest BCUT2D eigenvalue weighted by Gasteiger charge is -2.31. The molecule has 2 aromatic carbocycles. The maximum atomic E-state index is 14.7. The average Bonchev–Trinajstić information content (AvgIpc) is 2.81. The van der Waals surface area contributed by atoms with Crippen molar-refractivity contribution in [2.24, 2.45) is 16.9 Å². The normalized spacial score (nSPS) is 14.5. The SMILES string of the molecule is CC(C)(CNC(=O)C(O)CN)CNC(CCN)CC(c1ccccc1)c1cc(F)ccc1F. The van der Waals surface area contributed by atoms with Crippen LogP contribution in [-0.2, 0) is 4.79 Å². The van der Waals surface area contributed by atoms with Crippen molar-refractivity contribution in [3.8, 4) is 0 Å². The fraction of sp³-hybridized carbons (Fsp3) is 0.480. The highest BCUT2D eigenvalue weighted by atomic mass is 19.1. The molecule has 0 saturated carbocycles. The Morgan fingerprint density at radius 2 is 1.79 bits per heavy atom. The molecule has 0 radical (unpaired) electrons. The van der Waals surface area contributed by atoms with Gasteiger partial charge < -0.3 is 27.2 Å². The number of aliphatic hydroxyl groups excluding tert-OH is 1. The topological polar surface area (TPSA) is 113 Å². The van der Waals surface area contributed by atoms with Crippen LogP contribution >= 0.6 is 0 Å². The third kappa shape index (κ3) is 8.47. The van der Waals surface area contributed by atoms with Gasteiger partial charge in [0, 0.05) is 31.6 Å². The number of nitrogens with two attached hydrogens (primary N) is 2. The summed E-state index contributed by atoms with van der Waals surface area (Å²) in [5.74, 6) is -1.78. The number of nitrogens with one attached hydrogen (secondary N) is 2. The van der Waals surface area contributed by atoms with Crippen molar-refractivity contribution in [3.05, 3.63) is 71.3 Å². The maximum absolute atomic E-state index is 14.7. The van der Waals surface area contributed by atoms with Gasteiger partial charge in [0.1, 0.15) is 17.7 Å². The van der Waals surface area contributed by atoms with Crippen molar-refractivity contribution in [1.29, 1.82) is 0 Å². The lowest BCUT2D eigenvalue weighted by atomic mass is 9.84. The number of carbonyl (C=O) groups is 1. The minimum Gasteiger partial charge on any atom is -0.382 e. The molecular formula is C25H36F2N4O2. The van der Waals surface area contributed by atoms with E-state index in [2.05, 4.69) is 10.6 Å². The molecule has 6 nitrogen and oxygen atoms in total. The molecule has 8 heteroatoms. The van der Waals surface area contributed by atoms with E-state index in [1.807, 2.05) is 44.2 Å². The second kappa shape index (κ2) is 12.7. The molecule has 2 aromatic rings. The van der Waals surface area contributed by atoms with Crippen LogP contribution in [0.4, 0.5) is 8.78 Å². The van der Waals surface area contributed by atoms with E-state index < -0.39 is 23.6 Å². The Hall–Kier alpha value is -2.39. The van der Waals surface area contributed by atoms with Crippen molar-refractivity contribution < 1.29 is 18.7 Å². The zero-order valence-corrected chi connectivity index (χ0v) is 19.4. The van der Waals surface area contributed by atoms with Crippen LogP contribution in [0.2, 0.25) is 0 Å². The Bertz CT molecular complexity index is 880. The summed E-state index contributed by atoms with van der Waals surface area (Å²) in [5, 5.41) is 15.8. The summed E-state index contributed by atoms with van der Waals surface area (Å²) in [5.41, 5.74) is 12.1. The van der Waals surface area contributed by atoms with Gasteiger partial charge in [0.25, 0.3) is 0 Å². The number of amides is 1. The average molecular weight is 463 g/mol. The molecule has 7 N–H and O–H groups in total. The van der Waals surface area contributed by atoms with Crippen molar-refractivity contribution in [3.63, 3.8) is 0 Å². The van der Waals surface area contributed by atoms with Crippen LogP contribution in [0.25, 0.3) is 0 Å². The lowest BCUT2D eigenvalue weighted by molar-refractivity contribution is -0.129. The van der Waals surface area contributed by atoms with Crippen molar-refractivity contribution >= 4 is 5.91 Å². The minimum absolute atomic E-state index is 0.0625. The van der Waals surface area contributed by atoms with E-state index in [0.717, 1.165) is 17.7 Å².